The van der Waals surface area contributed by atoms with Gasteiger partial charge in [0.2, 0.25) is 5.91 Å². The molecule has 0 bridgehead atoms. The van der Waals surface area contributed by atoms with Gasteiger partial charge in [-0.2, -0.15) is 0 Å². The molecule has 0 atom stereocenters. The highest BCUT2D eigenvalue weighted by Crippen LogP contribution is 1.76. The van der Waals surface area contributed by atoms with Gasteiger partial charge in [-0.05, 0) is 6.07 Å². The van der Waals surface area contributed by atoms with E-state index in [1.807, 2.05) is 0 Å². The highest BCUT2D eigenvalue weighted by molar-refractivity contribution is 5.80. The predicted molar refractivity (Wildman–Crippen MR) is 40.7 cm³/mol. The topological polar surface area (TPSA) is 51.1 Å². The molecule has 0 aliphatic rings. The van der Waals surface area contributed by atoms with E-state index in [2.05, 4.69) is 5.43 Å². The Morgan fingerprint density at radius 2 is 2.27 bits per heavy atom. The molecule has 4 heteroatoms. The van der Waals surface area contributed by atoms with E-state index in [-0.39, 0.29) is 11.5 Å². The second-order valence-electron chi connectivity index (χ2n) is 2.08. The first-order valence-electron chi connectivity index (χ1n) is 3.15. The number of carbonyl (C=O) groups excluding carboxylic acids is 1. The molecule has 0 saturated carbocycles. The van der Waals surface area contributed by atoms with Crippen LogP contribution in [0.15, 0.2) is 29.2 Å². The fraction of sp³-hybridized carbons (Fsp3) is 0.143. The highest BCUT2D eigenvalue weighted by atomic mass is 16.2. The van der Waals surface area contributed by atoms with Crippen molar-refractivity contribution in [3.8, 4) is 0 Å². The molecule has 0 aliphatic heterocycles. The van der Waals surface area contributed by atoms with Gasteiger partial charge in [0.15, 0.2) is 0 Å². The molecule has 0 unspecified atom stereocenters. The summed E-state index contributed by atoms with van der Waals surface area (Å²) in [5.74, 6) is -0.265. The van der Waals surface area contributed by atoms with Crippen LogP contribution in [0.25, 0.3) is 0 Å². The molecular weight excluding hydrogens is 144 g/mol. The van der Waals surface area contributed by atoms with Crippen molar-refractivity contribution in [3.63, 3.8) is 0 Å². The van der Waals surface area contributed by atoms with Crippen molar-refractivity contribution in [2.75, 3.05) is 5.43 Å². The monoisotopic (exact) mass is 152 g/mol. The van der Waals surface area contributed by atoms with Crippen molar-refractivity contribution in [1.29, 1.82) is 0 Å². The molecule has 1 N–H and O–H groups in total. The van der Waals surface area contributed by atoms with Gasteiger partial charge in [0.05, 0.1) is 0 Å². The molecule has 4 nitrogen and oxygen atoms in total. The summed E-state index contributed by atoms with van der Waals surface area (Å²) in [6.07, 6.45) is 1.49. The Bertz CT molecular complexity index is 316. The zero-order chi connectivity index (χ0) is 8.27. The maximum Gasteiger partial charge on any atom is 0.269 e. The fourth-order valence-electron chi connectivity index (χ4n) is 0.689. The lowest BCUT2D eigenvalue weighted by molar-refractivity contribution is -0.115. The molecule has 1 amide bonds. The third kappa shape index (κ3) is 1.93. The Kier molecular flexibility index (Phi) is 2.06. The van der Waals surface area contributed by atoms with E-state index in [4.69, 9.17) is 0 Å². The van der Waals surface area contributed by atoms with Crippen LogP contribution in [-0.4, -0.2) is 10.6 Å². The summed E-state index contributed by atoms with van der Waals surface area (Å²) in [5.41, 5.74) is 2.09. The molecule has 1 aromatic heterocycles. The van der Waals surface area contributed by atoms with Crippen LogP contribution >= 0.6 is 0 Å². The first kappa shape index (κ1) is 7.53. The van der Waals surface area contributed by atoms with Gasteiger partial charge in [0, 0.05) is 19.2 Å². The number of hydrogen-bond donors (Lipinski definition) is 1. The molecule has 58 valence electrons. The van der Waals surface area contributed by atoms with Crippen LogP contribution in [0.3, 0.4) is 0 Å². The standard InChI is InChI=1S/C7H8N2O2/c1-6(10)8-9-5-3-2-4-7(9)11/h2-5H,1H3,(H,8,10). The van der Waals surface area contributed by atoms with Crippen molar-refractivity contribution in [1.82, 2.24) is 4.68 Å². The zero-order valence-corrected chi connectivity index (χ0v) is 6.07. The van der Waals surface area contributed by atoms with E-state index in [9.17, 15) is 9.59 Å². The van der Waals surface area contributed by atoms with Crippen LogP contribution in [0.5, 0.6) is 0 Å². The summed E-state index contributed by atoms with van der Waals surface area (Å²) in [6, 6.07) is 4.65. The van der Waals surface area contributed by atoms with Gasteiger partial charge < -0.3 is 0 Å². The lowest BCUT2D eigenvalue weighted by Gasteiger charge is -2.02. The van der Waals surface area contributed by atoms with Gasteiger partial charge in [0.25, 0.3) is 5.56 Å². The van der Waals surface area contributed by atoms with Gasteiger partial charge in [-0.15, -0.1) is 0 Å². The molecule has 0 radical (unpaired) electrons. The lowest BCUT2D eigenvalue weighted by atomic mass is 10.5. The number of pyridine rings is 1. The van der Waals surface area contributed by atoms with Crippen LogP contribution in [0.4, 0.5) is 0 Å². The lowest BCUT2D eigenvalue weighted by Crippen LogP contribution is -2.30. The Balaban J connectivity index is 2.95. The van der Waals surface area contributed by atoms with E-state index < -0.39 is 0 Å². The third-order valence-electron chi connectivity index (χ3n) is 1.10. The number of rotatable bonds is 1. The number of nitrogens with one attached hydrogen (secondary N) is 1. The Morgan fingerprint density at radius 1 is 1.55 bits per heavy atom. The van der Waals surface area contributed by atoms with Gasteiger partial charge in [0.1, 0.15) is 0 Å². The van der Waals surface area contributed by atoms with Crippen LogP contribution < -0.4 is 11.0 Å². The van der Waals surface area contributed by atoms with Crippen LogP contribution in [0, 0.1) is 0 Å². The Hall–Kier alpha value is -1.58. The molecule has 1 rings (SSSR count). The summed E-state index contributed by atoms with van der Waals surface area (Å²) in [4.78, 5) is 21.4. The first-order chi connectivity index (χ1) is 5.20. The molecule has 1 heterocycles. The number of aromatic nitrogens is 1. The molecule has 0 fully saturated rings. The SMILES string of the molecule is CC(=O)Nn1ccccc1=O. The summed E-state index contributed by atoms with van der Waals surface area (Å²) in [7, 11) is 0. The molecular formula is C7H8N2O2. The van der Waals surface area contributed by atoms with Crippen molar-refractivity contribution < 1.29 is 4.79 Å². The van der Waals surface area contributed by atoms with Gasteiger partial charge >= 0.3 is 0 Å². The largest absolute Gasteiger partial charge is 0.274 e. The quantitative estimate of drug-likeness (QED) is 0.612. The maximum atomic E-state index is 10.9. The number of hydrogen-bond acceptors (Lipinski definition) is 2. The summed E-state index contributed by atoms with van der Waals surface area (Å²) < 4.78 is 1.13. The Labute approximate surface area is 63.4 Å². The second kappa shape index (κ2) is 3.01. The molecule has 0 aromatic carbocycles. The average Bonchev–Trinajstić information content (AvgIpc) is 1.93. The second-order valence-corrected chi connectivity index (χ2v) is 2.08. The Morgan fingerprint density at radius 3 is 2.82 bits per heavy atom. The molecule has 1 aromatic rings. The van der Waals surface area contributed by atoms with E-state index in [0.717, 1.165) is 4.68 Å². The zero-order valence-electron chi connectivity index (χ0n) is 6.07. The summed E-state index contributed by atoms with van der Waals surface area (Å²) in [6.45, 7) is 1.35. The number of nitrogens with zero attached hydrogens (tertiary/aromatic N) is 1. The molecule has 0 aliphatic carbocycles. The summed E-state index contributed by atoms with van der Waals surface area (Å²) >= 11 is 0. The normalized spacial score (nSPS) is 9.18. The third-order valence-corrected chi connectivity index (χ3v) is 1.10. The van der Waals surface area contributed by atoms with E-state index in [1.54, 1.807) is 12.1 Å². The van der Waals surface area contributed by atoms with Crippen molar-refractivity contribution >= 4 is 5.91 Å². The first-order valence-corrected chi connectivity index (χ1v) is 3.15. The number of carbonyl (C=O) groups is 1. The van der Waals surface area contributed by atoms with E-state index in [0.29, 0.717) is 0 Å². The minimum atomic E-state index is -0.265. The molecule has 0 saturated heterocycles. The van der Waals surface area contributed by atoms with Crippen LogP contribution in [-0.2, 0) is 4.79 Å². The van der Waals surface area contributed by atoms with Gasteiger partial charge in [-0.3, -0.25) is 15.0 Å². The van der Waals surface area contributed by atoms with E-state index in [1.165, 1.54) is 19.2 Å². The highest BCUT2D eigenvalue weighted by Gasteiger charge is 1.92. The van der Waals surface area contributed by atoms with Crippen molar-refractivity contribution in [2.24, 2.45) is 0 Å². The molecule has 0 spiro atoms. The fourth-order valence-corrected chi connectivity index (χ4v) is 0.689. The summed E-state index contributed by atoms with van der Waals surface area (Å²) in [5, 5.41) is 0. The van der Waals surface area contributed by atoms with Gasteiger partial charge in [-0.25, -0.2) is 4.68 Å². The van der Waals surface area contributed by atoms with Crippen molar-refractivity contribution in [2.45, 2.75) is 6.92 Å². The van der Waals surface area contributed by atoms with Crippen LogP contribution in [0.1, 0.15) is 6.92 Å². The van der Waals surface area contributed by atoms with Gasteiger partial charge in [-0.1, -0.05) is 6.07 Å². The minimum absolute atomic E-state index is 0.247. The average molecular weight is 152 g/mol. The smallest absolute Gasteiger partial charge is 0.269 e. The predicted octanol–water partition coefficient (Wildman–Crippen LogP) is -0.0617. The maximum absolute atomic E-state index is 10.9. The number of amides is 1. The molecule has 11 heavy (non-hydrogen) atoms. The minimum Gasteiger partial charge on any atom is -0.274 e. The van der Waals surface area contributed by atoms with E-state index >= 15 is 0 Å². The van der Waals surface area contributed by atoms with Crippen LogP contribution in [0.2, 0.25) is 0 Å². The van der Waals surface area contributed by atoms with Crippen molar-refractivity contribution in [3.05, 3.63) is 34.7 Å².